The zero-order valence-corrected chi connectivity index (χ0v) is 24.5. The van der Waals surface area contributed by atoms with Crippen molar-refractivity contribution < 1.29 is 0 Å². The van der Waals surface area contributed by atoms with Crippen molar-refractivity contribution in [2.24, 2.45) is 11.8 Å². The first-order valence-corrected chi connectivity index (χ1v) is 15.2. The molecule has 188 valence electrons. The van der Waals surface area contributed by atoms with E-state index < -0.39 is 0 Å². The number of nitrogens with zero attached hydrogens (tertiary/aromatic N) is 1. The van der Waals surface area contributed by atoms with E-state index in [1.165, 1.54) is 55.3 Å². The van der Waals surface area contributed by atoms with Gasteiger partial charge in [0, 0.05) is 25.9 Å². The van der Waals surface area contributed by atoms with Gasteiger partial charge in [-0.1, -0.05) is 81.6 Å². The molecule has 6 rings (SSSR count). The predicted octanol–water partition coefficient (Wildman–Crippen LogP) is 11.2. The number of anilines is 3. The maximum absolute atomic E-state index is 3.62. The lowest BCUT2D eigenvalue weighted by atomic mass is 9.72. The fraction of sp³-hybridized carbons (Fsp3) is 0.294. The van der Waals surface area contributed by atoms with Crippen LogP contribution in [0.2, 0.25) is 0 Å². The summed E-state index contributed by atoms with van der Waals surface area (Å²) in [6, 6.07) is 33.5. The van der Waals surface area contributed by atoms with E-state index >= 15 is 0 Å². The molecule has 2 aliphatic rings. The maximum atomic E-state index is 3.62. The predicted molar refractivity (Wildman–Crippen MR) is 164 cm³/mol. The molecule has 4 aromatic rings. The minimum absolute atomic E-state index is 0.711. The Bertz CT molecular complexity index is 1330. The van der Waals surface area contributed by atoms with Gasteiger partial charge in [0.15, 0.2) is 0 Å². The van der Waals surface area contributed by atoms with Crippen molar-refractivity contribution in [1.29, 1.82) is 0 Å². The molecule has 3 atom stereocenters. The number of para-hydroxylation sites is 1. The van der Waals surface area contributed by atoms with E-state index in [0.29, 0.717) is 5.92 Å². The van der Waals surface area contributed by atoms with Crippen LogP contribution in [0.4, 0.5) is 17.1 Å². The van der Waals surface area contributed by atoms with Gasteiger partial charge >= 0.3 is 0 Å². The third-order valence-electron chi connectivity index (χ3n) is 8.51. The second-order valence-corrected chi connectivity index (χ2v) is 12.6. The average Bonchev–Trinajstić information content (AvgIpc) is 3.06. The molecule has 0 amide bonds. The van der Waals surface area contributed by atoms with E-state index in [1.54, 1.807) is 11.1 Å². The minimum Gasteiger partial charge on any atom is -0.310 e. The maximum Gasteiger partial charge on any atom is 0.0540 e. The Morgan fingerprint density at radius 1 is 0.757 bits per heavy atom. The molecule has 0 spiro atoms. The van der Waals surface area contributed by atoms with Crippen molar-refractivity contribution >= 4 is 48.9 Å². The first-order chi connectivity index (χ1) is 18.1. The monoisotopic (exact) mass is 613 g/mol. The Balaban J connectivity index is 1.46. The van der Waals surface area contributed by atoms with Crippen molar-refractivity contribution in [2.75, 3.05) is 4.90 Å². The highest BCUT2D eigenvalue weighted by Crippen LogP contribution is 2.48. The van der Waals surface area contributed by atoms with Gasteiger partial charge in [0.05, 0.1) is 5.69 Å². The van der Waals surface area contributed by atoms with Gasteiger partial charge in [-0.3, -0.25) is 0 Å². The summed E-state index contributed by atoms with van der Waals surface area (Å²) in [5.74, 6) is 2.50. The molecule has 3 unspecified atom stereocenters. The third-order valence-corrected chi connectivity index (χ3v) is 9.57. The minimum atomic E-state index is 0.711. The summed E-state index contributed by atoms with van der Waals surface area (Å²) in [5.41, 5.74) is 9.30. The number of aryl methyl sites for hydroxylation is 1. The molecule has 0 aliphatic heterocycles. The Morgan fingerprint density at radius 3 is 2.11 bits per heavy atom. The summed E-state index contributed by atoms with van der Waals surface area (Å²) in [7, 11) is 0. The number of hydrogen-bond acceptors (Lipinski definition) is 1. The van der Waals surface area contributed by atoms with E-state index in [2.05, 4.69) is 135 Å². The van der Waals surface area contributed by atoms with Gasteiger partial charge in [-0.2, -0.15) is 0 Å². The van der Waals surface area contributed by atoms with Crippen molar-refractivity contribution in [3.63, 3.8) is 0 Å². The number of rotatable bonds is 5. The topological polar surface area (TPSA) is 3.24 Å². The molecule has 1 nitrogen and oxygen atoms in total. The van der Waals surface area contributed by atoms with Crippen LogP contribution < -0.4 is 4.90 Å². The Labute approximate surface area is 238 Å². The van der Waals surface area contributed by atoms with Gasteiger partial charge in [-0.25, -0.2) is 0 Å². The van der Waals surface area contributed by atoms with Crippen LogP contribution in [0.3, 0.4) is 0 Å². The molecule has 0 saturated heterocycles. The highest BCUT2D eigenvalue weighted by atomic mass is 79.9. The number of fused-ring (bicyclic) bond motifs is 4. The van der Waals surface area contributed by atoms with Gasteiger partial charge in [0.1, 0.15) is 0 Å². The quantitative estimate of drug-likeness (QED) is 0.216. The zero-order valence-electron chi connectivity index (χ0n) is 21.3. The molecule has 0 radical (unpaired) electrons. The van der Waals surface area contributed by atoms with E-state index in [1.807, 2.05) is 0 Å². The molecule has 0 heterocycles. The first kappa shape index (κ1) is 24.9. The van der Waals surface area contributed by atoms with Gasteiger partial charge in [-0.05, 0) is 121 Å². The number of benzene rings is 4. The molecule has 1 fully saturated rings. The SMILES string of the molecule is CCC1CC2CCc3ccc(-c4ccccc4N(c4ccc(Br)cc4)c4ccc(Br)cc4)cc3C(C1)C2. The fourth-order valence-corrected chi connectivity index (χ4v) is 7.17. The Morgan fingerprint density at radius 2 is 1.43 bits per heavy atom. The van der Waals surface area contributed by atoms with Crippen LogP contribution in [0.25, 0.3) is 11.1 Å². The summed E-state index contributed by atoms with van der Waals surface area (Å²) in [4.78, 5) is 2.38. The largest absolute Gasteiger partial charge is 0.310 e. The van der Waals surface area contributed by atoms with Crippen LogP contribution in [-0.2, 0) is 6.42 Å². The summed E-state index contributed by atoms with van der Waals surface area (Å²) >= 11 is 7.23. The van der Waals surface area contributed by atoms with E-state index in [9.17, 15) is 0 Å². The van der Waals surface area contributed by atoms with Crippen molar-refractivity contribution in [2.45, 2.75) is 51.4 Å². The highest BCUT2D eigenvalue weighted by molar-refractivity contribution is 9.10. The number of halogens is 2. The molecule has 1 saturated carbocycles. The molecular weight excluding hydrogens is 582 g/mol. The first-order valence-electron chi connectivity index (χ1n) is 13.6. The molecule has 4 aromatic carbocycles. The molecule has 3 heteroatoms. The summed E-state index contributed by atoms with van der Waals surface area (Å²) < 4.78 is 2.17. The standard InChI is InChI=1S/C34H33Br2N/c1-2-23-19-24-7-8-25-9-10-26(22-33(25)27(20-23)21-24)32-5-3-4-6-34(32)37(30-15-11-28(35)12-16-30)31-17-13-29(36)14-18-31/h3-6,9-18,22-24,27H,2,7-8,19-21H2,1H3. The number of hydrogen-bond donors (Lipinski definition) is 0. The van der Waals surface area contributed by atoms with Gasteiger partial charge in [-0.15, -0.1) is 0 Å². The van der Waals surface area contributed by atoms with Crippen LogP contribution in [0, 0.1) is 11.8 Å². The van der Waals surface area contributed by atoms with Crippen LogP contribution in [0.1, 0.15) is 56.1 Å². The molecule has 37 heavy (non-hydrogen) atoms. The Kier molecular flexibility index (Phi) is 7.27. The summed E-state index contributed by atoms with van der Waals surface area (Å²) in [6.45, 7) is 2.38. The second kappa shape index (κ2) is 10.8. The zero-order chi connectivity index (χ0) is 25.4. The van der Waals surface area contributed by atoms with E-state index in [-0.39, 0.29) is 0 Å². The second-order valence-electron chi connectivity index (χ2n) is 10.8. The van der Waals surface area contributed by atoms with Crippen molar-refractivity contribution in [3.05, 3.63) is 111 Å². The van der Waals surface area contributed by atoms with Gasteiger partial charge < -0.3 is 4.90 Å². The lowest BCUT2D eigenvalue weighted by Gasteiger charge is -2.33. The van der Waals surface area contributed by atoms with Gasteiger partial charge in [0.25, 0.3) is 0 Å². The van der Waals surface area contributed by atoms with E-state index in [0.717, 1.165) is 32.2 Å². The van der Waals surface area contributed by atoms with Crippen LogP contribution >= 0.6 is 31.9 Å². The molecule has 2 bridgehead atoms. The molecular formula is C34H33Br2N. The van der Waals surface area contributed by atoms with Crippen LogP contribution in [0.15, 0.2) is 99.9 Å². The van der Waals surface area contributed by atoms with Crippen molar-refractivity contribution in [1.82, 2.24) is 0 Å². The lowest BCUT2D eigenvalue weighted by Crippen LogP contribution is -2.20. The average molecular weight is 615 g/mol. The smallest absolute Gasteiger partial charge is 0.0540 e. The summed E-state index contributed by atoms with van der Waals surface area (Å²) in [6.07, 6.45) is 8.08. The summed E-state index contributed by atoms with van der Waals surface area (Å²) in [5, 5.41) is 0. The molecule has 2 aliphatic carbocycles. The fourth-order valence-electron chi connectivity index (χ4n) is 6.64. The van der Waals surface area contributed by atoms with Crippen LogP contribution in [-0.4, -0.2) is 0 Å². The van der Waals surface area contributed by atoms with Crippen LogP contribution in [0.5, 0.6) is 0 Å². The Hall–Kier alpha value is -2.36. The third kappa shape index (κ3) is 5.18. The molecule has 0 N–H and O–H groups in total. The van der Waals surface area contributed by atoms with E-state index in [4.69, 9.17) is 0 Å². The van der Waals surface area contributed by atoms with Crippen molar-refractivity contribution in [3.8, 4) is 11.1 Å². The normalized spacial score (nSPS) is 20.7. The highest BCUT2D eigenvalue weighted by Gasteiger charge is 2.32. The van der Waals surface area contributed by atoms with Gasteiger partial charge in [0.2, 0.25) is 0 Å². The lowest BCUT2D eigenvalue weighted by molar-refractivity contribution is 0.231. The molecule has 0 aromatic heterocycles.